The van der Waals surface area contributed by atoms with Gasteiger partial charge in [-0.25, -0.2) is 0 Å². The maximum absolute atomic E-state index is 13.1. The van der Waals surface area contributed by atoms with Gasteiger partial charge in [0.1, 0.15) is 11.5 Å². The molecule has 0 N–H and O–H groups in total. The monoisotopic (exact) mass is 295 g/mol. The lowest BCUT2D eigenvalue weighted by molar-refractivity contribution is 0.0989. The molecule has 2 aliphatic heterocycles. The lowest BCUT2D eigenvalue weighted by Crippen LogP contribution is -2.27. The second-order valence-corrected chi connectivity index (χ2v) is 5.61. The van der Waals surface area contributed by atoms with Gasteiger partial charge in [0.25, 0.3) is 5.91 Å². The first-order chi connectivity index (χ1) is 10.8. The Balaban J connectivity index is 1.81. The van der Waals surface area contributed by atoms with Gasteiger partial charge in [0, 0.05) is 36.7 Å². The van der Waals surface area contributed by atoms with Gasteiger partial charge >= 0.3 is 0 Å². The van der Waals surface area contributed by atoms with Crippen LogP contribution in [0.3, 0.4) is 0 Å². The molecule has 4 nitrogen and oxygen atoms in total. The number of benzene rings is 2. The molecule has 0 unspecified atom stereocenters. The SMILES string of the molecule is CN(C(=O)c1c2c(cc3c1OCC3)OCC2)c1ccccc1. The largest absolute Gasteiger partial charge is 0.493 e. The van der Waals surface area contributed by atoms with Crippen LogP contribution < -0.4 is 14.4 Å². The van der Waals surface area contributed by atoms with E-state index < -0.39 is 0 Å². The first-order valence-corrected chi connectivity index (χ1v) is 7.53. The van der Waals surface area contributed by atoms with Crippen molar-refractivity contribution >= 4 is 11.6 Å². The molecule has 0 fully saturated rings. The summed E-state index contributed by atoms with van der Waals surface area (Å²) in [7, 11) is 1.80. The Kier molecular flexibility index (Phi) is 3.03. The maximum Gasteiger partial charge on any atom is 0.262 e. The van der Waals surface area contributed by atoms with Crippen LogP contribution in [0, 0.1) is 0 Å². The number of ether oxygens (including phenoxy) is 2. The van der Waals surface area contributed by atoms with Crippen molar-refractivity contribution in [3.8, 4) is 11.5 Å². The van der Waals surface area contributed by atoms with Crippen LogP contribution in [0.2, 0.25) is 0 Å². The number of para-hydroxylation sites is 1. The van der Waals surface area contributed by atoms with Crippen LogP contribution in [0.1, 0.15) is 21.5 Å². The lowest BCUT2D eigenvalue weighted by Gasteiger charge is -2.20. The van der Waals surface area contributed by atoms with Gasteiger partial charge in [-0.2, -0.15) is 0 Å². The molecule has 4 heteroatoms. The highest BCUT2D eigenvalue weighted by Gasteiger charge is 2.31. The molecule has 112 valence electrons. The van der Waals surface area contributed by atoms with E-state index in [-0.39, 0.29) is 5.91 Å². The van der Waals surface area contributed by atoms with Crippen molar-refractivity contribution in [3.05, 3.63) is 53.1 Å². The van der Waals surface area contributed by atoms with Gasteiger partial charge < -0.3 is 14.4 Å². The van der Waals surface area contributed by atoms with Crippen molar-refractivity contribution in [2.45, 2.75) is 12.8 Å². The molecule has 2 aromatic carbocycles. The first kappa shape index (κ1) is 13.2. The number of carbonyl (C=O) groups is 1. The van der Waals surface area contributed by atoms with Crippen molar-refractivity contribution in [2.75, 3.05) is 25.2 Å². The molecule has 0 bridgehead atoms. The van der Waals surface area contributed by atoms with Gasteiger partial charge in [-0.05, 0) is 18.2 Å². The minimum absolute atomic E-state index is 0.0355. The summed E-state index contributed by atoms with van der Waals surface area (Å²) in [6, 6.07) is 11.7. The van der Waals surface area contributed by atoms with Gasteiger partial charge in [-0.3, -0.25) is 4.79 Å². The topological polar surface area (TPSA) is 38.8 Å². The normalized spacial score (nSPS) is 14.8. The van der Waals surface area contributed by atoms with Crippen LogP contribution >= 0.6 is 0 Å². The predicted molar refractivity (Wildman–Crippen MR) is 84.0 cm³/mol. The lowest BCUT2D eigenvalue weighted by atomic mass is 9.98. The molecule has 4 rings (SSSR count). The zero-order chi connectivity index (χ0) is 15.1. The third-order valence-corrected chi connectivity index (χ3v) is 4.31. The molecule has 2 aromatic rings. The number of rotatable bonds is 2. The summed E-state index contributed by atoms with van der Waals surface area (Å²) in [6.07, 6.45) is 1.59. The molecule has 0 saturated carbocycles. The standard InChI is InChI=1S/C18H17NO3/c1-19(13-5-3-2-4-6-13)18(20)16-14-8-10-21-15(14)11-12-7-9-22-17(12)16/h2-6,11H,7-10H2,1H3. The van der Waals surface area contributed by atoms with Crippen LogP contribution in [0.5, 0.6) is 11.5 Å². The summed E-state index contributed by atoms with van der Waals surface area (Å²) in [6.45, 7) is 1.26. The van der Waals surface area contributed by atoms with E-state index in [2.05, 4.69) is 0 Å². The highest BCUT2D eigenvalue weighted by Crippen LogP contribution is 2.41. The molecular weight excluding hydrogens is 278 g/mol. The van der Waals surface area contributed by atoms with Crippen LogP contribution in [-0.4, -0.2) is 26.2 Å². The van der Waals surface area contributed by atoms with E-state index in [9.17, 15) is 4.79 Å². The number of fused-ring (bicyclic) bond motifs is 2. The molecule has 0 atom stereocenters. The minimum Gasteiger partial charge on any atom is -0.493 e. The number of hydrogen-bond donors (Lipinski definition) is 0. The Morgan fingerprint density at radius 2 is 1.86 bits per heavy atom. The van der Waals surface area contributed by atoms with Crippen LogP contribution in [0.25, 0.3) is 0 Å². The third kappa shape index (κ3) is 1.95. The zero-order valence-corrected chi connectivity index (χ0v) is 12.5. The van der Waals surface area contributed by atoms with Crippen molar-refractivity contribution in [3.63, 3.8) is 0 Å². The van der Waals surface area contributed by atoms with E-state index in [1.54, 1.807) is 11.9 Å². The Bertz CT molecular complexity index is 707. The van der Waals surface area contributed by atoms with E-state index in [4.69, 9.17) is 9.47 Å². The van der Waals surface area contributed by atoms with Crippen LogP contribution in [0.4, 0.5) is 5.69 Å². The van der Waals surface area contributed by atoms with Gasteiger partial charge in [0.15, 0.2) is 0 Å². The fraction of sp³-hybridized carbons (Fsp3) is 0.278. The molecule has 1 amide bonds. The Labute approximate surface area is 129 Å². The second-order valence-electron chi connectivity index (χ2n) is 5.61. The van der Waals surface area contributed by atoms with Gasteiger partial charge in [-0.1, -0.05) is 18.2 Å². The number of amides is 1. The quantitative estimate of drug-likeness (QED) is 0.855. The summed E-state index contributed by atoms with van der Waals surface area (Å²) in [5, 5.41) is 0. The molecule has 0 spiro atoms. The van der Waals surface area contributed by atoms with Gasteiger partial charge in [0.05, 0.1) is 18.8 Å². The van der Waals surface area contributed by atoms with E-state index in [0.717, 1.165) is 41.2 Å². The molecule has 22 heavy (non-hydrogen) atoms. The smallest absolute Gasteiger partial charge is 0.262 e. The average molecular weight is 295 g/mol. The first-order valence-electron chi connectivity index (χ1n) is 7.53. The van der Waals surface area contributed by atoms with E-state index >= 15 is 0 Å². The minimum atomic E-state index is -0.0355. The molecule has 0 radical (unpaired) electrons. The summed E-state index contributed by atoms with van der Waals surface area (Å²) < 4.78 is 11.4. The molecule has 0 aromatic heterocycles. The summed E-state index contributed by atoms with van der Waals surface area (Å²) in [5.74, 6) is 1.55. The number of carbonyl (C=O) groups excluding carboxylic acids is 1. The summed E-state index contributed by atoms with van der Waals surface area (Å²) in [5.41, 5.74) is 3.60. The van der Waals surface area contributed by atoms with Crippen LogP contribution in [0.15, 0.2) is 36.4 Å². The predicted octanol–water partition coefficient (Wildman–Crippen LogP) is 2.83. The second kappa shape index (κ2) is 5.05. The van der Waals surface area contributed by atoms with Gasteiger partial charge in [0.2, 0.25) is 0 Å². The third-order valence-electron chi connectivity index (χ3n) is 4.31. The average Bonchev–Trinajstić information content (AvgIpc) is 3.20. The molecule has 0 aliphatic carbocycles. The van der Waals surface area contributed by atoms with E-state index in [1.165, 1.54) is 0 Å². The fourth-order valence-electron chi connectivity index (χ4n) is 3.15. The van der Waals surface area contributed by atoms with E-state index in [0.29, 0.717) is 18.8 Å². The Hall–Kier alpha value is -2.49. The van der Waals surface area contributed by atoms with Crippen molar-refractivity contribution < 1.29 is 14.3 Å². The maximum atomic E-state index is 13.1. The van der Waals surface area contributed by atoms with Crippen molar-refractivity contribution in [1.29, 1.82) is 0 Å². The molecule has 2 heterocycles. The summed E-state index contributed by atoms with van der Waals surface area (Å²) >= 11 is 0. The van der Waals surface area contributed by atoms with Crippen LogP contribution in [-0.2, 0) is 12.8 Å². The highest BCUT2D eigenvalue weighted by molar-refractivity contribution is 6.09. The Morgan fingerprint density at radius 1 is 1.09 bits per heavy atom. The number of nitrogens with zero attached hydrogens (tertiary/aromatic N) is 1. The Morgan fingerprint density at radius 3 is 2.68 bits per heavy atom. The molecular formula is C18H17NO3. The number of anilines is 1. The van der Waals surface area contributed by atoms with Gasteiger partial charge in [-0.15, -0.1) is 0 Å². The van der Waals surface area contributed by atoms with E-state index in [1.807, 2.05) is 36.4 Å². The highest BCUT2D eigenvalue weighted by atomic mass is 16.5. The number of hydrogen-bond acceptors (Lipinski definition) is 3. The zero-order valence-electron chi connectivity index (χ0n) is 12.5. The molecule has 0 saturated heterocycles. The fourth-order valence-corrected chi connectivity index (χ4v) is 3.15. The van der Waals surface area contributed by atoms with Crippen molar-refractivity contribution in [1.82, 2.24) is 0 Å². The molecule has 2 aliphatic rings. The van der Waals surface area contributed by atoms with Crippen molar-refractivity contribution in [2.24, 2.45) is 0 Å². The summed E-state index contributed by atoms with van der Waals surface area (Å²) in [4.78, 5) is 14.7.